The number of fused-ring (bicyclic) bond motifs is 1. The van der Waals surface area contributed by atoms with Crippen molar-refractivity contribution in [2.24, 2.45) is 0 Å². The van der Waals surface area contributed by atoms with E-state index in [0.717, 1.165) is 5.69 Å². The van der Waals surface area contributed by atoms with Crippen molar-refractivity contribution in [3.63, 3.8) is 0 Å². The Kier molecular flexibility index (Phi) is 6.43. The van der Waals surface area contributed by atoms with Gasteiger partial charge in [0.15, 0.2) is 0 Å². The number of hydrogen-bond donors (Lipinski definition) is 0. The molecule has 174 valence electrons. The number of hydrogen-bond acceptors (Lipinski definition) is 6. The van der Waals surface area contributed by atoms with E-state index < -0.39 is 0 Å². The Hall–Kier alpha value is -3.69. The Morgan fingerprint density at radius 3 is 2.36 bits per heavy atom. The molecule has 0 bridgehead atoms. The van der Waals surface area contributed by atoms with E-state index in [1.165, 1.54) is 4.68 Å². The van der Waals surface area contributed by atoms with Gasteiger partial charge in [-0.05, 0) is 25.0 Å². The van der Waals surface area contributed by atoms with Crippen molar-refractivity contribution in [3.8, 4) is 5.69 Å². The molecular formula is C23H28N6O4. The zero-order valence-electron chi connectivity index (χ0n) is 19.1. The molecule has 2 amide bonds. The molecule has 0 unspecified atom stereocenters. The van der Waals surface area contributed by atoms with Crippen molar-refractivity contribution in [2.75, 3.05) is 32.8 Å². The molecule has 10 nitrogen and oxygen atoms in total. The van der Waals surface area contributed by atoms with Gasteiger partial charge in [-0.25, -0.2) is 14.2 Å². The van der Waals surface area contributed by atoms with E-state index >= 15 is 0 Å². The van der Waals surface area contributed by atoms with Crippen LogP contribution >= 0.6 is 0 Å². The maximum absolute atomic E-state index is 13.4. The first-order valence-corrected chi connectivity index (χ1v) is 11.1. The van der Waals surface area contributed by atoms with Crippen LogP contribution in [0.2, 0.25) is 0 Å². The summed E-state index contributed by atoms with van der Waals surface area (Å²) in [5.41, 5.74) is 1.51. The second-order valence-electron chi connectivity index (χ2n) is 8.22. The second kappa shape index (κ2) is 9.43. The number of ether oxygens (including phenoxy) is 1. The quantitative estimate of drug-likeness (QED) is 0.587. The fourth-order valence-electron chi connectivity index (χ4n) is 3.97. The molecule has 1 aromatic carbocycles. The van der Waals surface area contributed by atoms with Gasteiger partial charge in [0.25, 0.3) is 5.56 Å². The molecule has 1 saturated heterocycles. The predicted octanol–water partition coefficient (Wildman–Crippen LogP) is 2.01. The molecule has 0 radical (unpaired) electrons. The molecule has 10 heteroatoms. The van der Waals surface area contributed by atoms with E-state index in [9.17, 15) is 14.4 Å². The van der Waals surface area contributed by atoms with Crippen LogP contribution in [0.15, 0.2) is 41.3 Å². The summed E-state index contributed by atoms with van der Waals surface area (Å²) in [6, 6.07) is 9.41. The van der Waals surface area contributed by atoms with Crippen LogP contribution in [0.3, 0.4) is 0 Å². The van der Waals surface area contributed by atoms with E-state index in [1.807, 2.05) is 44.2 Å². The molecule has 0 aliphatic carbocycles. The van der Waals surface area contributed by atoms with Crippen molar-refractivity contribution >= 4 is 22.9 Å². The van der Waals surface area contributed by atoms with E-state index in [1.54, 1.807) is 27.6 Å². The molecule has 2 aromatic heterocycles. The summed E-state index contributed by atoms with van der Waals surface area (Å²) in [6.45, 7) is 7.43. The van der Waals surface area contributed by atoms with Crippen LogP contribution < -0.4 is 5.56 Å². The number of amides is 2. The van der Waals surface area contributed by atoms with Crippen molar-refractivity contribution in [3.05, 3.63) is 52.6 Å². The minimum Gasteiger partial charge on any atom is -0.450 e. The van der Waals surface area contributed by atoms with Crippen LogP contribution in [-0.2, 0) is 16.1 Å². The molecular weight excluding hydrogens is 424 g/mol. The van der Waals surface area contributed by atoms with Crippen LogP contribution in [0.5, 0.6) is 0 Å². The number of para-hydroxylation sites is 1. The van der Waals surface area contributed by atoms with Crippen molar-refractivity contribution in [1.29, 1.82) is 0 Å². The molecule has 0 saturated carbocycles. The van der Waals surface area contributed by atoms with Gasteiger partial charge in [0.1, 0.15) is 12.1 Å². The van der Waals surface area contributed by atoms with E-state index in [2.05, 4.69) is 10.2 Å². The highest BCUT2D eigenvalue weighted by molar-refractivity contribution is 5.82. The molecule has 3 aromatic rings. The van der Waals surface area contributed by atoms with Crippen LogP contribution in [0.1, 0.15) is 32.4 Å². The topological polar surface area (TPSA) is 103 Å². The van der Waals surface area contributed by atoms with Gasteiger partial charge in [-0.2, -0.15) is 10.2 Å². The third-order valence-electron chi connectivity index (χ3n) is 5.70. The Bertz CT molecular complexity index is 1210. The molecule has 1 fully saturated rings. The molecule has 3 heterocycles. The summed E-state index contributed by atoms with van der Waals surface area (Å²) in [5, 5.41) is 9.65. The van der Waals surface area contributed by atoms with Gasteiger partial charge in [-0.1, -0.05) is 32.0 Å². The Morgan fingerprint density at radius 1 is 1.06 bits per heavy atom. The fourth-order valence-corrected chi connectivity index (χ4v) is 3.97. The number of benzene rings is 1. The van der Waals surface area contributed by atoms with Gasteiger partial charge in [0.05, 0.1) is 24.2 Å². The number of rotatable bonds is 5. The second-order valence-corrected chi connectivity index (χ2v) is 8.22. The summed E-state index contributed by atoms with van der Waals surface area (Å²) in [6.07, 6.45) is 1.29. The Balaban J connectivity index is 1.62. The van der Waals surface area contributed by atoms with Gasteiger partial charge < -0.3 is 14.5 Å². The molecule has 33 heavy (non-hydrogen) atoms. The van der Waals surface area contributed by atoms with Crippen LogP contribution in [0.4, 0.5) is 4.79 Å². The Labute approximate surface area is 191 Å². The van der Waals surface area contributed by atoms with E-state index in [-0.39, 0.29) is 30.0 Å². The Morgan fingerprint density at radius 2 is 1.73 bits per heavy atom. The summed E-state index contributed by atoms with van der Waals surface area (Å²) >= 11 is 0. The van der Waals surface area contributed by atoms with Crippen LogP contribution in [0.25, 0.3) is 16.6 Å². The number of carbonyl (C=O) groups is 2. The van der Waals surface area contributed by atoms with Crippen molar-refractivity contribution < 1.29 is 14.3 Å². The lowest BCUT2D eigenvalue weighted by molar-refractivity contribution is -0.133. The van der Waals surface area contributed by atoms with E-state index in [0.29, 0.717) is 49.4 Å². The highest BCUT2D eigenvalue weighted by atomic mass is 16.6. The number of nitrogens with zero attached hydrogens (tertiary/aromatic N) is 6. The average Bonchev–Trinajstić information content (AvgIpc) is 3.27. The first-order valence-electron chi connectivity index (χ1n) is 11.1. The number of aromatic nitrogens is 4. The van der Waals surface area contributed by atoms with E-state index in [4.69, 9.17) is 4.74 Å². The van der Waals surface area contributed by atoms with Gasteiger partial charge in [-0.15, -0.1) is 0 Å². The predicted molar refractivity (Wildman–Crippen MR) is 122 cm³/mol. The third kappa shape index (κ3) is 4.46. The summed E-state index contributed by atoms with van der Waals surface area (Å²) in [5.74, 6) is -0.177. The van der Waals surface area contributed by atoms with Crippen LogP contribution in [0, 0.1) is 0 Å². The first kappa shape index (κ1) is 22.5. The zero-order valence-corrected chi connectivity index (χ0v) is 19.1. The monoisotopic (exact) mass is 452 g/mol. The summed E-state index contributed by atoms with van der Waals surface area (Å²) in [7, 11) is 0. The van der Waals surface area contributed by atoms with Crippen LogP contribution in [-0.4, -0.2) is 74.1 Å². The van der Waals surface area contributed by atoms with Gasteiger partial charge in [-0.3, -0.25) is 9.59 Å². The average molecular weight is 453 g/mol. The molecule has 1 aliphatic heterocycles. The lowest BCUT2D eigenvalue weighted by Gasteiger charge is -2.34. The van der Waals surface area contributed by atoms with Gasteiger partial charge in [0.2, 0.25) is 5.91 Å². The minimum absolute atomic E-state index is 0.0380. The molecule has 0 N–H and O–H groups in total. The zero-order chi connectivity index (χ0) is 23.5. The number of carbonyl (C=O) groups excluding carboxylic acids is 2. The normalized spacial score (nSPS) is 14.2. The smallest absolute Gasteiger partial charge is 0.409 e. The third-order valence-corrected chi connectivity index (χ3v) is 5.70. The van der Waals surface area contributed by atoms with Crippen molar-refractivity contribution in [2.45, 2.75) is 33.2 Å². The van der Waals surface area contributed by atoms with Gasteiger partial charge >= 0.3 is 6.09 Å². The first-order chi connectivity index (χ1) is 15.9. The summed E-state index contributed by atoms with van der Waals surface area (Å²) < 4.78 is 7.86. The molecule has 0 atom stereocenters. The van der Waals surface area contributed by atoms with Crippen molar-refractivity contribution in [1.82, 2.24) is 29.4 Å². The number of piperazine rings is 1. The fraction of sp³-hybridized carbons (Fsp3) is 0.435. The SMILES string of the molecule is CCOC(=O)N1CCN(C(=O)Cn2nc(C(C)C)c3cnn(-c4ccccc4)c3c2=O)CC1. The summed E-state index contributed by atoms with van der Waals surface area (Å²) in [4.78, 5) is 41.5. The molecule has 4 rings (SSSR count). The minimum atomic E-state index is -0.372. The van der Waals surface area contributed by atoms with Gasteiger partial charge in [0, 0.05) is 31.6 Å². The standard InChI is InChI=1S/C23H28N6O4/c1-4-33-23(32)27-12-10-26(11-13-27)19(30)15-28-22(31)21-18(20(25-28)16(2)3)14-24-29(21)17-8-6-5-7-9-17/h5-9,14,16H,4,10-13,15H2,1-3H3. The molecule has 0 spiro atoms. The lowest BCUT2D eigenvalue weighted by atomic mass is 10.1. The maximum atomic E-state index is 13.4. The highest BCUT2D eigenvalue weighted by Gasteiger charge is 2.26. The molecule has 1 aliphatic rings. The highest BCUT2D eigenvalue weighted by Crippen LogP contribution is 2.23. The maximum Gasteiger partial charge on any atom is 0.409 e. The lowest BCUT2D eigenvalue weighted by Crippen LogP contribution is -2.51. The largest absolute Gasteiger partial charge is 0.450 e.